The van der Waals surface area contributed by atoms with Gasteiger partial charge in [-0.05, 0) is 63.4 Å². The Kier molecular flexibility index (Phi) is 4.46. The lowest BCUT2D eigenvalue weighted by Gasteiger charge is -2.25. The molecular formula is C23H26FN5O. The molecule has 1 saturated carbocycles. The van der Waals surface area contributed by atoms with Crippen LogP contribution in [0.3, 0.4) is 0 Å². The van der Waals surface area contributed by atoms with Gasteiger partial charge in [0.1, 0.15) is 5.60 Å². The summed E-state index contributed by atoms with van der Waals surface area (Å²) in [5.41, 5.74) is 7.71. The number of anilines is 3. The Morgan fingerprint density at radius 2 is 2.00 bits per heavy atom. The summed E-state index contributed by atoms with van der Waals surface area (Å²) in [6.45, 7) is 2.54. The number of rotatable bonds is 1. The van der Waals surface area contributed by atoms with Crippen molar-refractivity contribution in [3.05, 3.63) is 41.3 Å². The van der Waals surface area contributed by atoms with Crippen molar-refractivity contribution in [2.75, 3.05) is 37.3 Å². The largest absolute Gasteiger partial charge is 0.378 e. The van der Waals surface area contributed by atoms with Crippen molar-refractivity contribution in [1.82, 2.24) is 14.9 Å². The Labute approximate surface area is 175 Å². The molecule has 1 aliphatic carbocycles. The maximum atomic E-state index is 14.7. The smallest absolute Gasteiger partial charge is 0.222 e. The molecule has 2 aliphatic heterocycles. The Hall–Kier alpha value is -2.69. The molecule has 1 saturated heterocycles. The second kappa shape index (κ2) is 6.93. The molecule has 7 heteroatoms. The minimum absolute atomic E-state index is 0.0526. The van der Waals surface area contributed by atoms with Crippen molar-refractivity contribution in [1.29, 1.82) is 0 Å². The summed E-state index contributed by atoms with van der Waals surface area (Å²) in [6.07, 6.45) is 5.58. The van der Waals surface area contributed by atoms with Crippen LogP contribution in [0.2, 0.25) is 0 Å². The first-order valence-corrected chi connectivity index (χ1v) is 10.5. The Morgan fingerprint density at radius 3 is 2.73 bits per heavy atom. The lowest BCUT2D eigenvalue weighted by atomic mass is 9.81. The first-order valence-electron chi connectivity index (χ1n) is 10.5. The summed E-state index contributed by atoms with van der Waals surface area (Å²) in [6, 6.07) is 6.11. The zero-order valence-corrected chi connectivity index (χ0v) is 17.2. The molecule has 3 N–H and O–H groups in total. The number of likely N-dealkylation sites (N-methyl/N-ethyl adjacent to an activating group) is 1. The van der Waals surface area contributed by atoms with Gasteiger partial charge in [-0.15, -0.1) is 0 Å². The fourth-order valence-electron chi connectivity index (χ4n) is 5.21. The highest BCUT2D eigenvalue weighted by atomic mass is 19.1. The van der Waals surface area contributed by atoms with Gasteiger partial charge in [0, 0.05) is 29.8 Å². The third kappa shape index (κ3) is 3.21. The lowest BCUT2D eigenvalue weighted by Crippen LogP contribution is -2.34. The number of nitrogens with two attached hydrogens (primary N) is 1. The molecule has 0 amide bonds. The highest BCUT2D eigenvalue weighted by Gasteiger charge is 2.47. The van der Waals surface area contributed by atoms with Crippen LogP contribution in [0.5, 0.6) is 0 Å². The van der Waals surface area contributed by atoms with Gasteiger partial charge < -0.3 is 20.6 Å². The van der Waals surface area contributed by atoms with E-state index in [9.17, 15) is 9.50 Å². The molecule has 1 unspecified atom stereocenters. The van der Waals surface area contributed by atoms with Crippen LogP contribution in [0.1, 0.15) is 43.2 Å². The fraction of sp³-hybridized carbons (Fsp3) is 0.478. The summed E-state index contributed by atoms with van der Waals surface area (Å²) >= 11 is 0. The molecule has 156 valence electrons. The van der Waals surface area contributed by atoms with Crippen LogP contribution >= 0.6 is 0 Å². The predicted octanol–water partition coefficient (Wildman–Crippen LogP) is 2.58. The van der Waals surface area contributed by atoms with Crippen molar-refractivity contribution in [2.24, 2.45) is 0 Å². The standard InChI is InChI=1S/C23H26FN5O/c1-28-11-10-22(14-28)15-29(20-18(24)13-26-21(25)27-20)19-12-16(4-5-17(19)22)6-9-23(30)7-2-3-8-23/h4-5,12-13,30H,2-3,7-8,10-11,14-15H2,1H3,(H2,25,26,27). The van der Waals surface area contributed by atoms with E-state index in [1.165, 1.54) is 5.56 Å². The van der Waals surface area contributed by atoms with Gasteiger partial charge in [-0.3, -0.25) is 0 Å². The SMILES string of the molecule is CN1CCC2(C1)CN(c1nc(N)ncc1F)c1cc(C#CC3(O)CCCC3)ccc12. The molecule has 3 heterocycles. The molecule has 1 atom stereocenters. The van der Waals surface area contributed by atoms with E-state index in [-0.39, 0.29) is 17.2 Å². The predicted molar refractivity (Wildman–Crippen MR) is 114 cm³/mol. The van der Waals surface area contributed by atoms with Gasteiger partial charge in [0.05, 0.1) is 6.20 Å². The third-order valence-electron chi connectivity index (χ3n) is 6.74. The van der Waals surface area contributed by atoms with Gasteiger partial charge in [-0.1, -0.05) is 17.9 Å². The number of benzene rings is 1. The molecule has 5 rings (SSSR count). The summed E-state index contributed by atoms with van der Waals surface area (Å²) in [5.74, 6) is 5.99. The van der Waals surface area contributed by atoms with Crippen LogP contribution in [-0.4, -0.2) is 52.3 Å². The number of nitrogens with zero attached hydrogens (tertiary/aromatic N) is 4. The van der Waals surface area contributed by atoms with Crippen LogP contribution < -0.4 is 10.6 Å². The van der Waals surface area contributed by atoms with E-state index in [2.05, 4.69) is 39.8 Å². The van der Waals surface area contributed by atoms with Gasteiger partial charge in [-0.2, -0.15) is 4.98 Å². The van der Waals surface area contributed by atoms with Crippen molar-refractivity contribution >= 4 is 17.5 Å². The number of aromatic nitrogens is 2. The first kappa shape index (κ1) is 19.3. The molecule has 2 aromatic rings. The number of hydrogen-bond acceptors (Lipinski definition) is 6. The molecule has 1 spiro atoms. The van der Waals surface area contributed by atoms with Gasteiger partial charge in [0.25, 0.3) is 0 Å². The van der Waals surface area contributed by atoms with E-state index >= 15 is 0 Å². The van der Waals surface area contributed by atoms with Crippen molar-refractivity contribution in [3.63, 3.8) is 0 Å². The Bertz CT molecular complexity index is 1060. The summed E-state index contributed by atoms with van der Waals surface area (Å²) in [5, 5.41) is 10.6. The zero-order valence-electron chi connectivity index (χ0n) is 17.2. The Balaban J connectivity index is 1.59. The van der Waals surface area contributed by atoms with E-state index in [1.54, 1.807) is 0 Å². The van der Waals surface area contributed by atoms with Crippen molar-refractivity contribution < 1.29 is 9.50 Å². The quantitative estimate of drug-likeness (QED) is 0.708. The van der Waals surface area contributed by atoms with Crippen LogP contribution in [0.15, 0.2) is 24.4 Å². The molecule has 3 aliphatic rings. The van der Waals surface area contributed by atoms with Crippen LogP contribution in [0, 0.1) is 17.7 Å². The molecule has 0 radical (unpaired) electrons. The molecule has 6 nitrogen and oxygen atoms in total. The van der Waals surface area contributed by atoms with Crippen molar-refractivity contribution in [2.45, 2.75) is 43.1 Å². The van der Waals surface area contributed by atoms with Gasteiger partial charge in [0.2, 0.25) is 5.95 Å². The lowest BCUT2D eigenvalue weighted by molar-refractivity contribution is 0.110. The van der Waals surface area contributed by atoms with Gasteiger partial charge in [-0.25, -0.2) is 9.37 Å². The first-order chi connectivity index (χ1) is 14.4. The minimum Gasteiger partial charge on any atom is -0.378 e. The second-order valence-corrected chi connectivity index (χ2v) is 8.97. The van der Waals surface area contributed by atoms with E-state index in [4.69, 9.17) is 5.73 Å². The van der Waals surface area contributed by atoms with Gasteiger partial charge in [0.15, 0.2) is 11.6 Å². The highest BCUT2D eigenvalue weighted by Crippen LogP contribution is 2.49. The highest BCUT2D eigenvalue weighted by molar-refractivity contribution is 5.73. The number of likely N-dealkylation sites (tertiary alicyclic amines) is 1. The van der Waals surface area contributed by atoms with E-state index < -0.39 is 11.4 Å². The molecule has 1 aromatic heterocycles. The number of halogens is 1. The summed E-state index contributed by atoms with van der Waals surface area (Å²) < 4.78 is 14.7. The summed E-state index contributed by atoms with van der Waals surface area (Å²) in [4.78, 5) is 12.2. The number of fused-ring (bicyclic) bond motifs is 2. The summed E-state index contributed by atoms with van der Waals surface area (Å²) in [7, 11) is 2.11. The molecule has 0 bridgehead atoms. The zero-order chi connectivity index (χ0) is 20.9. The normalized spacial score (nSPS) is 24.8. The molecule has 1 aromatic carbocycles. The number of hydrogen-bond donors (Lipinski definition) is 2. The maximum absolute atomic E-state index is 14.7. The maximum Gasteiger partial charge on any atom is 0.222 e. The van der Waals surface area contributed by atoms with Crippen LogP contribution in [0.25, 0.3) is 0 Å². The molecular weight excluding hydrogens is 381 g/mol. The number of nitrogen functional groups attached to an aromatic ring is 1. The minimum atomic E-state index is -0.888. The van der Waals surface area contributed by atoms with E-state index in [0.717, 1.165) is 62.6 Å². The molecule has 2 fully saturated rings. The second-order valence-electron chi connectivity index (χ2n) is 8.97. The average Bonchev–Trinajstić information content (AvgIpc) is 3.41. The van der Waals surface area contributed by atoms with Gasteiger partial charge >= 0.3 is 0 Å². The number of aliphatic hydroxyl groups is 1. The fourth-order valence-corrected chi connectivity index (χ4v) is 5.21. The monoisotopic (exact) mass is 407 g/mol. The van der Waals surface area contributed by atoms with E-state index in [1.807, 2.05) is 17.0 Å². The van der Waals surface area contributed by atoms with Crippen molar-refractivity contribution in [3.8, 4) is 11.8 Å². The van der Waals surface area contributed by atoms with E-state index in [0.29, 0.717) is 6.54 Å². The Morgan fingerprint density at radius 1 is 1.20 bits per heavy atom. The topological polar surface area (TPSA) is 78.5 Å². The van der Waals surface area contributed by atoms with Crippen LogP contribution in [0.4, 0.5) is 21.8 Å². The average molecular weight is 407 g/mol. The third-order valence-corrected chi connectivity index (χ3v) is 6.74. The van der Waals surface area contributed by atoms with Crippen LogP contribution in [-0.2, 0) is 5.41 Å². The molecule has 30 heavy (non-hydrogen) atoms.